The lowest BCUT2D eigenvalue weighted by Crippen LogP contribution is -2.16. The predicted octanol–water partition coefficient (Wildman–Crippen LogP) is 3.55. The maximum Gasteiger partial charge on any atom is 0.265 e. The van der Waals surface area contributed by atoms with Crippen molar-refractivity contribution >= 4 is 50.8 Å². The molecule has 2 rings (SSSR count). The first-order valence-corrected chi connectivity index (χ1v) is 7.89. The van der Waals surface area contributed by atoms with Crippen molar-refractivity contribution in [3.05, 3.63) is 45.2 Å². The molecule has 0 bridgehead atoms. The Morgan fingerprint density at radius 1 is 1.10 bits per heavy atom. The number of hydrogen-bond acceptors (Lipinski definition) is 4. The van der Waals surface area contributed by atoms with Gasteiger partial charge in [-0.25, -0.2) is 23.1 Å². The average Bonchev–Trinajstić information content (AvgIpc) is 2.30. The minimum atomic E-state index is -3.95. The third kappa shape index (κ3) is 3.52. The summed E-state index contributed by atoms with van der Waals surface area (Å²) in [5.74, 6) is -0.133. The van der Waals surface area contributed by atoms with Crippen LogP contribution in [0.1, 0.15) is 5.69 Å². The lowest BCUT2D eigenvalue weighted by Gasteiger charge is -2.09. The molecule has 0 amide bonds. The maximum atomic E-state index is 12.2. The molecule has 1 heterocycles. The van der Waals surface area contributed by atoms with Crippen molar-refractivity contribution < 1.29 is 8.42 Å². The summed E-state index contributed by atoms with van der Waals surface area (Å²) < 4.78 is 26.6. The number of hydrogen-bond donors (Lipinski definition) is 1. The summed E-state index contributed by atoms with van der Waals surface area (Å²) in [6, 6.07) is 5.63. The lowest BCUT2D eigenvalue weighted by atomic mass is 10.4. The van der Waals surface area contributed by atoms with Gasteiger partial charge in [-0.15, -0.1) is 0 Å². The van der Waals surface area contributed by atoms with Crippen LogP contribution in [0.5, 0.6) is 0 Å². The number of aryl methyl sites for hydroxylation is 1. The molecule has 106 valence electrons. The molecule has 0 saturated heterocycles. The van der Waals surface area contributed by atoms with E-state index in [2.05, 4.69) is 14.7 Å². The van der Waals surface area contributed by atoms with E-state index < -0.39 is 10.0 Å². The number of aromatic nitrogens is 2. The molecule has 1 aromatic carbocycles. The van der Waals surface area contributed by atoms with Crippen LogP contribution in [-0.2, 0) is 10.0 Å². The van der Waals surface area contributed by atoms with Crippen LogP contribution in [-0.4, -0.2) is 18.4 Å². The Labute approximate surface area is 131 Å². The molecule has 20 heavy (non-hydrogen) atoms. The van der Waals surface area contributed by atoms with Crippen LogP contribution in [0.15, 0.2) is 29.2 Å². The van der Waals surface area contributed by atoms with Crippen LogP contribution in [0.2, 0.25) is 15.2 Å². The van der Waals surface area contributed by atoms with Crippen LogP contribution in [0.25, 0.3) is 0 Å². The fraction of sp³-hybridized carbons (Fsp3) is 0.0909. The van der Waals surface area contributed by atoms with E-state index in [1.165, 1.54) is 24.3 Å². The van der Waals surface area contributed by atoms with E-state index in [1.807, 2.05) is 0 Å². The second kappa shape index (κ2) is 5.73. The highest BCUT2D eigenvalue weighted by molar-refractivity contribution is 7.92. The van der Waals surface area contributed by atoms with Gasteiger partial charge in [-0.2, -0.15) is 0 Å². The summed E-state index contributed by atoms with van der Waals surface area (Å²) in [4.78, 5) is 7.56. The number of nitrogens with one attached hydrogen (secondary N) is 1. The quantitative estimate of drug-likeness (QED) is 0.858. The molecule has 0 atom stereocenters. The molecule has 0 unspecified atom stereocenters. The number of nitrogens with zero attached hydrogens (tertiary/aromatic N) is 2. The third-order valence-electron chi connectivity index (χ3n) is 2.23. The maximum absolute atomic E-state index is 12.2. The summed E-state index contributed by atoms with van der Waals surface area (Å²) in [7, 11) is -3.95. The summed E-state index contributed by atoms with van der Waals surface area (Å²) in [6.45, 7) is 1.66. The van der Waals surface area contributed by atoms with Gasteiger partial charge in [0, 0.05) is 10.7 Å². The van der Waals surface area contributed by atoms with Crippen molar-refractivity contribution in [2.75, 3.05) is 4.72 Å². The number of benzene rings is 1. The highest BCUT2D eigenvalue weighted by Crippen LogP contribution is 2.26. The molecule has 0 fully saturated rings. The Hall–Kier alpha value is -1.08. The molecule has 1 N–H and O–H groups in total. The van der Waals surface area contributed by atoms with Gasteiger partial charge in [0.05, 0.1) is 5.02 Å². The molecule has 5 nitrogen and oxygen atoms in total. The van der Waals surface area contributed by atoms with Crippen molar-refractivity contribution in [3.8, 4) is 0 Å². The zero-order chi connectivity index (χ0) is 14.9. The van der Waals surface area contributed by atoms with E-state index >= 15 is 0 Å². The molecule has 0 radical (unpaired) electrons. The van der Waals surface area contributed by atoms with E-state index in [4.69, 9.17) is 34.8 Å². The van der Waals surface area contributed by atoms with Crippen molar-refractivity contribution in [2.24, 2.45) is 0 Å². The minimum absolute atomic E-state index is 0.0423. The molecule has 2 aromatic rings. The molecule has 9 heteroatoms. The first kappa shape index (κ1) is 15.3. The number of sulfonamides is 1. The van der Waals surface area contributed by atoms with Gasteiger partial charge >= 0.3 is 0 Å². The molecule has 0 spiro atoms. The van der Waals surface area contributed by atoms with Crippen molar-refractivity contribution in [1.82, 2.24) is 9.97 Å². The number of rotatable bonds is 3. The van der Waals surface area contributed by atoms with Gasteiger partial charge in [0.15, 0.2) is 0 Å². The standard InChI is InChI=1S/C11H8Cl3N3O2S/c1-6-4-10(14)16-11(15-6)17-20(18,19)9-5-7(12)2-3-8(9)13/h2-5H,1H3,(H,15,16,17). The number of anilines is 1. The Morgan fingerprint density at radius 2 is 1.80 bits per heavy atom. The molecule has 0 saturated carbocycles. The van der Waals surface area contributed by atoms with E-state index in [0.717, 1.165) is 0 Å². The average molecular weight is 353 g/mol. The Bertz CT molecular complexity index is 745. The van der Waals surface area contributed by atoms with Crippen molar-refractivity contribution in [1.29, 1.82) is 0 Å². The highest BCUT2D eigenvalue weighted by Gasteiger charge is 2.20. The first-order chi connectivity index (χ1) is 9.28. The van der Waals surface area contributed by atoms with Gasteiger partial charge in [0.2, 0.25) is 5.95 Å². The summed E-state index contributed by atoms with van der Waals surface area (Å²) in [5.41, 5.74) is 0.528. The predicted molar refractivity (Wildman–Crippen MR) is 79.0 cm³/mol. The highest BCUT2D eigenvalue weighted by atomic mass is 35.5. The number of halogens is 3. The van der Waals surface area contributed by atoms with Gasteiger partial charge in [0.1, 0.15) is 10.0 Å². The van der Waals surface area contributed by atoms with E-state index in [1.54, 1.807) is 6.92 Å². The second-order valence-electron chi connectivity index (χ2n) is 3.84. The van der Waals surface area contributed by atoms with Gasteiger partial charge < -0.3 is 0 Å². The van der Waals surface area contributed by atoms with Crippen molar-refractivity contribution in [3.63, 3.8) is 0 Å². The summed E-state index contributed by atoms with van der Waals surface area (Å²) in [5, 5.41) is 0.422. The van der Waals surface area contributed by atoms with E-state index in [-0.39, 0.29) is 26.0 Å². The first-order valence-electron chi connectivity index (χ1n) is 5.27. The van der Waals surface area contributed by atoms with Gasteiger partial charge in [-0.1, -0.05) is 34.8 Å². The molecule has 0 aliphatic carbocycles. The van der Waals surface area contributed by atoms with Crippen LogP contribution < -0.4 is 4.72 Å². The Kier molecular flexibility index (Phi) is 4.39. The molecule has 0 aliphatic heterocycles. The largest absolute Gasteiger partial charge is 0.265 e. The molecular weight excluding hydrogens is 345 g/mol. The molecule has 1 aromatic heterocycles. The monoisotopic (exact) mass is 351 g/mol. The van der Waals surface area contributed by atoms with E-state index in [0.29, 0.717) is 5.69 Å². The second-order valence-corrected chi connectivity index (χ2v) is 6.72. The summed E-state index contributed by atoms with van der Waals surface area (Å²) >= 11 is 17.4. The smallest absolute Gasteiger partial charge is 0.247 e. The van der Waals surface area contributed by atoms with Gasteiger partial charge in [-0.05, 0) is 31.2 Å². The zero-order valence-electron chi connectivity index (χ0n) is 10.1. The fourth-order valence-electron chi connectivity index (χ4n) is 1.43. The lowest BCUT2D eigenvalue weighted by molar-refractivity contribution is 0.601. The molecule has 0 aliphatic rings. The Balaban J connectivity index is 2.43. The summed E-state index contributed by atoms with van der Waals surface area (Å²) in [6.07, 6.45) is 0. The normalized spacial score (nSPS) is 11.4. The van der Waals surface area contributed by atoms with Gasteiger partial charge in [-0.3, -0.25) is 0 Å². The topological polar surface area (TPSA) is 72.0 Å². The van der Waals surface area contributed by atoms with Crippen LogP contribution in [0, 0.1) is 6.92 Å². The van der Waals surface area contributed by atoms with Crippen LogP contribution >= 0.6 is 34.8 Å². The minimum Gasteiger partial charge on any atom is -0.247 e. The van der Waals surface area contributed by atoms with Crippen LogP contribution in [0.4, 0.5) is 5.95 Å². The molecular formula is C11H8Cl3N3O2S. The third-order valence-corrected chi connectivity index (χ3v) is 4.47. The van der Waals surface area contributed by atoms with Crippen LogP contribution in [0.3, 0.4) is 0 Å². The van der Waals surface area contributed by atoms with E-state index in [9.17, 15) is 8.42 Å². The van der Waals surface area contributed by atoms with Crippen molar-refractivity contribution in [2.45, 2.75) is 11.8 Å². The fourth-order valence-corrected chi connectivity index (χ4v) is 3.38. The SMILES string of the molecule is Cc1cc(Cl)nc(NS(=O)(=O)c2cc(Cl)ccc2Cl)n1. The van der Waals surface area contributed by atoms with Gasteiger partial charge in [0.25, 0.3) is 10.0 Å². The Morgan fingerprint density at radius 3 is 2.45 bits per heavy atom. The zero-order valence-corrected chi connectivity index (χ0v) is 13.1.